The van der Waals surface area contributed by atoms with Gasteiger partial charge in [-0.1, -0.05) is 5.16 Å². The Hall–Kier alpha value is -1.47. The predicted octanol–water partition coefficient (Wildman–Crippen LogP) is -0.167. The van der Waals surface area contributed by atoms with Crippen LogP contribution in [0, 0.1) is 0 Å². The second-order valence-electron chi connectivity index (χ2n) is 3.84. The van der Waals surface area contributed by atoms with E-state index in [9.17, 15) is 4.79 Å². The lowest BCUT2D eigenvalue weighted by Crippen LogP contribution is -2.42. The van der Waals surface area contributed by atoms with E-state index < -0.39 is 0 Å². The summed E-state index contributed by atoms with van der Waals surface area (Å²) in [7, 11) is 1.38. The van der Waals surface area contributed by atoms with Crippen molar-refractivity contribution >= 4 is 5.97 Å². The molecule has 0 aromatic carbocycles. The number of aromatic nitrogens is 2. The molecule has 0 saturated carbocycles. The molecule has 1 atom stereocenters. The molecule has 17 heavy (non-hydrogen) atoms. The molecule has 1 aromatic heterocycles. The van der Waals surface area contributed by atoms with E-state index in [0.717, 1.165) is 6.54 Å². The third-order valence-corrected chi connectivity index (χ3v) is 2.61. The molecule has 0 amide bonds. The molecule has 94 valence electrons. The van der Waals surface area contributed by atoms with Crippen molar-refractivity contribution in [3.63, 3.8) is 0 Å². The lowest BCUT2D eigenvalue weighted by molar-refractivity contribution is -0.145. The molecular weight excluding hydrogens is 226 g/mol. The minimum Gasteiger partial charge on any atom is -0.469 e. The van der Waals surface area contributed by atoms with Crippen LogP contribution in [0.1, 0.15) is 12.3 Å². The number of carbonyl (C=O) groups excluding carboxylic acids is 1. The molecule has 1 aliphatic heterocycles. The van der Waals surface area contributed by atoms with Crippen molar-refractivity contribution in [3.8, 4) is 0 Å². The molecule has 2 heterocycles. The lowest BCUT2D eigenvalue weighted by atomic mass is 10.2. The molecule has 1 aromatic rings. The minimum absolute atomic E-state index is 0.126. The van der Waals surface area contributed by atoms with Crippen LogP contribution in [-0.4, -0.2) is 53.9 Å². The highest BCUT2D eigenvalue weighted by molar-refractivity contribution is 5.69. The molecule has 0 aliphatic carbocycles. The number of hydrogen-bond donors (Lipinski definition) is 0. The Morgan fingerprint density at radius 1 is 1.71 bits per heavy atom. The fraction of sp³-hybridized carbons (Fsp3) is 0.700. The van der Waals surface area contributed by atoms with Crippen molar-refractivity contribution in [2.45, 2.75) is 19.1 Å². The number of ether oxygens (including phenoxy) is 2. The van der Waals surface area contributed by atoms with Gasteiger partial charge in [0.2, 0.25) is 5.89 Å². The molecule has 7 nitrogen and oxygen atoms in total. The largest absolute Gasteiger partial charge is 0.469 e. The molecule has 2 rings (SSSR count). The van der Waals surface area contributed by atoms with Gasteiger partial charge in [0.25, 0.3) is 0 Å². The van der Waals surface area contributed by atoms with Crippen LogP contribution in [-0.2, 0) is 20.8 Å². The summed E-state index contributed by atoms with van der Waals surface area (Å²) in [5.41, 5.74) is 0. The van der Waals surface area contributed by atoms with E-state index >= 15 is 0 Å². The fourth-order valence-corrected chi connectivity index (χ4v) is 1.77. The standard InChI is InChI=1S/C10H15N3O4/c1-15-10(14)4-8-5-13(2-3-16-8)6-9-11-7-12-17-9/h7-8H,2-6H2,1H3. The number of morpholine rings is 1. The normalized spacial score (nSPS) is 21.4. The molecular formula is C10H15N3O4. The zero-order valence-electron chi connectivity index (χ0n) is 9.66. The average Bonchev–Trinajstić information content (AvgIpc) is 2.82. The second-order valence-corrected chi connectivity index (χ2v) is 3.84. The fourth-order valence-electron chi connectivity index (χ4n) is 1.77. The summed E-state index contributed by atoms with van der Waals surface area (Å²) in [4.78, 5) is 17.2. The zero-order chi connectivity index (χ0) is 12.1. The summed E-state index contributed by atoms with van der Waals surface area (Å²) in [6, 6.07) is 0. The maximum atomic E-state index is 11.1. The minimum atomic E-state index is -0.255. The van der Waals surface area contributed by atoms with Gasteiger partial charge in [-0.3, -0.25) is 9.69 Å². The Morgan fingerprint density at radius 3 is 3.29 bits per heavy atom. The lowest BCUT2D eigenvalue weighted by Gasteiger charge is -2.31. The number of hydrogen-bond acceptors (Lipinski definition) is 7. The molecule has 1 aliphatic rings. The Kier molecular flexibility index (Phi) is 4.05. The van der Waals surface area contributed by atoms with Crippen LogP contribution < -0.4 is 0 Å². The summed E-state index contributed by atoms with van der Waals surface area (Å²) < 4.78 is 15.0. The van der Waals surface area contributed by atoms with E-state index in [1.54, 1.807) is 0 Å². The first-order valence-electron chi connectivity index (χ1n) is 5.44. The van der Waals surface area contributed by atoms with Crippen LogP contribution in [0.25, 0.3) is 0 Å². The number of methoxy groups -OCH3 is 1. The number of nitrogens with zero attached hydrogens (tertiary/aromatic N) is 3. The maximum Gasteiger partial charge on any atom is 0.308 e. The summed E-state index contributed by atoms with van der Waals surface area (Å²) in [6.45, 7) is 2.63. The number of rotatable bonds is 4. The summed E-state index contributed by atoms with van der Waals surface area (Å²) in [5.74, 6) is 0.318. The van der Waals surface area contributed by atoms with Gasteiger partial charge in [-0.2, -0.15) is 4.98 Å². The van der Waals surface area contributed by atoms with Gasteiger partial charge in [0.1, 0.15) is 0 Å². The predicted molar refractivity (Wildman–Crippen MR) is 55.9 cm³/mol. The van der Waals surface area contributed by atoms with Crippen molar-refractivity contribution in [1.82, 2.24) is 15.0 Å². The Bertz CT molecular complexity index is 354. The van der Waals surface area contributed by atoms with Crippen molar-refractivity contribution in [2.24, 2.45) is 0 Å². The molecule has 1 fully saturated rings. The molecule has 1 unspecified atom stereocenters. The molecule has 0 radical (unpaired) electrons. The second kappa shape index (κ2) is 5.74. The zero-order valence-corrected chi connectivity index (χ0v) is 9.66. The molecule has 0 N–H and O–H groups in total. The highest BCUT2D eigenvalue weighted by Gasteiger charge is 2.24. The van der Waals surface area contributed by atoms with Gasteiger partial charge in [0.15, 0.2) is 6.33 Å². The number of esters is 1. The summed E-state index contributed by atoms with van der Waals surface area (Å²) in [5, 5.41) is 3.55. The van der Waals surface area contributed by atoms with Gasteiger partial charge >= 0.3 is 5.97 Å². The Labute approximate surface area is 98.7 Å². The highest BCUT2D eigenvalue weighted by Crippen LogP contribution is 2.11. The van der Waals surface area contributed by atoms with E-state index in [1.807, 2.05) is 0 Å². The Morgan fingerprint density at radius 2 is 2.59 bits per heavy atom. The van der Waals surface area contributed by atoms with Crippen molar-refractivity contribution in [3.05, 3.63) is 12.2 Å². The SMILES string of the molecule is COC(=O)CC1CN(Cc2ncno2)CCO1. The van der Waals surface area contributed by atoms with Crippen LogP contribution in [0.15, 0.2) is 10.9 Å². The first kappa shape index (κ1) is 12.0. The van der Waals surface area contributed by atoms with Crippen molar-refractivity contribution in [2.75, 3.05) is 26.8 Å². The van der Waals surface area contributed by atoms with Gasteiger partial charge in [-0.15, -0.1) is 0 Å². The highest BCUT2D eigenvalue weighted by atomic mass is 16.5. The van der Waals surface area contributed by atoms with Crippen LogP contribution in [0.2, 0.25) is 0 Å². The van der Waals surface area contributed by atoms with Crippen molar-refractivity contribution < 1.29 is 18.8 Å². The first-order valence-corrected chi connectivity index (χ1v) is 5.44. The van der Waals surface area contributed by atoms with E-state index in [0.29, 0.717) is 25.6 Å². The smallest absolute Gasteiger partial charge is 0.308 e. The first-order chi connectivity index (χ1) is 8.28. The van der Waals surface area contributed by atoms with Crippen molar-refractivity contribution in [1.29, 1.82) is 0 Å². The van der Waals surface area contributed by atoms with Gasteiger partial charge in [-0.05, 0) is 0 Å². The summed E-state index contributed by atoms with van der Waals surface area (Å²) in [6.07, 6.45) is 1.53. The third-order valence-electron chi connectivity index (χ3n) is 2.61. The van der Waals surface area contributed by atoms with Crippen LogP contribution in [0.4, 0.5) is 0 Å². The van der Waals surface area contributed by atoms with Gasteiger partial charge in [0.05, 0.1) is 32.8 Å². The summed E-state index contributed by atoms with van der Waals surface area (Å²) >= 11 is 0. The van der Waals surface area contributed by atoms with Gasteiger partial charge in [-0.25, -0.2) is 0 Å². The van der Waals surface area contributed by atoms with Crippen LogP contribution >= 0.6 is 0 Å². The third kappa shape index (κ3) is 3.50. The maximum absolute atomic E-state index is 11.1. The quantitative estimate of drug-likeness (QED) is 0.677. The van der Waals surface area contributed by atoms with Gasteiger partial charge < -0.3 is 14.0 Å². The monoisotopic (exact) mass is 241 g/mol. The molecule has 0 spiro atoms. The van der Waals surface area contributed by atoms with E-state index in [-0.39, 0.29) is 18.5 Å². The number of carbonyl (C=O) groups is 1. The molecule has 7 heteroatoms. The average molecular weight is 241 g/mol. The van der Waals surface area contributed by atoms with E-state index in [1.165, 1.54) is 13.4 Å². The van der Waals surface area contributed by atoms with Crippen LogP contribution in [0.5, 0.6) is 0 Å². The molecule has 0 bridgehead atoms. The van der Waals surface area contributed by atoms with Crippen LogP contribution in [0.3, 0.4) is 0 Å². The Balaban J connectivity index is 1.82. The van der Waals surface area contributed by atoms with E-state index in [2.05, 4.69) is 19.8 Å². The van der Waals surface area contributed by atoms with Gasteiger partial charge in [0, 0.05) is 13.1 Å². The topological polar surface area (TPSA) is 77.7 Å². The van der Waals surface area contributed by atoms with E-state index in [4.69, 9.17) is 9.26 Å². The molecule has 1 saturated heterocycles.